The zero-order valence-corrected chi connectivity index (χ0v) is 22.0. The number of halogens is 1. The number of benzene rings is 1. The van der Waals surface area contributed by atoms with Crippen LogP contribution < -0.4 is 10.6 Å². The number of amides is 3. The maximum atomic E-state index is 13.4. The van der Waals surface area contributed by atoms with Crippen LogP contribution in [0.3, 0.4) is 0 Å². The molecule has 0 atom stereocenters. The molecule has 1 saturated carbocycles. The standard InChI is InChI=1S/C28H29ClN4O6/c29-19-8-10-22(30-15-19)31-27(37)25-24(20-13-16(14-23(34)35)3-9-21(20)39-25)32-26(36)17-4-6-18(7-5-17)28(38)33-11-1-2-12-33/h3,8-10,13,15,17-18H,1-2,4-7,11-12,14H2,(H,32,36)(H,34,35)(H,30,31,37). The molecule has 3 aromatic rings. The van der Waals surface area contributed by atoms with Gasteiger partial charge in [0.2, 0.25) is 17.6 Å². The van der Waals surface area contributed by atoms with E-state index < -0.39 is 11.9 Å². The number of hydrogen-bond donors (Lipinski definition) is 3. The predicted molar refractivity (Wildman–Crippen MR) is 145 cm³/mol. The average Bonchev–Trinajstić information content (AvgIpc) is 3.58. The number of anilines is 2. The smallest absolute Gasteiger partial charge is 0.307 e. The van der Waals surface area contributed by atoms with Gasteiger partial charge in [-0.2, -0.15) is 0 Å². The summed E-state index contributed by atoms with van der Waals surface area (Å²) in [6, 6.07) is 7.90. The number of rotatable bonds is 7. The van der Waals surface area contributed by atoms with E-state index in [2.05, 4.69) is 15.6 Å². The lowest BCUT2D eigenvalue weighted by molar-refractivity contribution is -0.137. The van der Waals surface area contributed by atoms with Gasteiger partial charge in [0, 0.05) is 36.5 Å². The van der Waals surface area contributed by atoms with Gasteiger partial charge in [0.1, 0.15) is 17.1 Å². The first-order valence-corrected chi connectivity index (χ1v) is 13.5. The Bertz CT molecular complexity index is 1410. The van der Waals surface area contributed by atoms with Gasteiger partial charge >= 0.3 is 5.97 Å². The van der Waals surface area contributed by atoms with Crippen LogP contribution in [0.2, 0.25) is 5.02 Å². The second-order valence-electron chi connectivity index (χ2n) is 10.1. The van der Waals surface area contributed by atoms with Crippen molar-refractivity contribution < 1.29 is 28.7 Å². The molecule has 1 aliphatic carbocycles. The zero-order chi connectivity index (χ0) is 27.5. The molecule has 39 heavy (non-hydrogen) atoms. The molecule has 0 radical (unpaired) electrons. The van der Waals surface area contributed by atoms with Gasteiger partial charge in [0.25, 0.3) is 5.91 Å². The van der Waals surface area contributed by atoms with E-state index in [1.54, 1.807) is 24.3 Å². The molecular weight excluding hydrogens is 524 g/mol. The Labute approximate surface area is 229 Å². The van der Waals surface area contributed by atoms with Gasteiger partial charge in [-0.1, -0.05) is 17.7 Å². The number of carbonyl (C=O) groups excluding carboxylic acids is 3. The molecule has 2 aliphatic rings. The van der Waals surface area contributed by atoms with Gasteiger partial charge in [-0.25, -0.2) is 4.98 Å². The molecule has 0 spiro atoms. The summed E-state index contributed by atoms with van der Waals surface area (Å²) in [4.78, 5) is 56.6. The first kappa shape index (κ1) is 26.7. The molecule has 3 N–H and O–H groups in total. The van der Waals surface area contributed by atoms with Crippen LogP contribution in [0.4, 0.5) is 11.5 Å². The van der Waals surface area contributed by atoms with E-state index in [0.717, 1.165) is 25.9 Å². The normalized spacial score (nSPS) is 19.2. The molecule has 11 heteroatoms. The Balaban J connectivity index is 1.36. The fraction of sp³-hybridized carbons (Fsp3) is 0.393. The maximum absolute atomic E-state index is 13.4. The van der Waals surface area contributed by atoms with E-state index >= 15 is 0 Å². The van der Waals surface area contributed by atoms with E-state index in [4.69, 9.17) is 16.0 Å². The SMILES string of the molecule is O=C(O)Cc1ccc2oc(C(=O)Nc3ccc(Cl)cn3)c(NC(=O)C3CCC(C(=O)N4CCCC4)CC3)c2c1. The molecule has 0 unspecified atom stereocenters. The highest BCUT2D eigenvalue weighted by molar-refractivity contribution is 6.30. The highest BCUT2D eigenvalue weighted by atomic mass is 35.5. The van der Waals surface area contributed by atoms with Crippen molar-refractivity contribution in [3.8, 4) is 0 Å². The number of hydrogen-bond acceptors (Lipinski definition) is 6. The van der Waals surface area contributed by atoms with Crippen LogP contribution in [-0.4, -0.2) is 51.8 Å². The lowest BCUT2D eigenvalue weighted by atomic mass is 9.81. The third-order valence-corrected chi connectivity index (χ3v) is 7.62. The summed E-state index contributed by atoms with van der Waals surface area (Å²) < 4.78 is 5.83. The van der Waals surface area contributed by atoms with Crippen molar-refractivity contribution in [2.24, 2.45) is 11.8 Å². The van der Waals surface area contributed by atoms with Crippen molar-refractivity contribution in [3.05, 3.63) is 52.9 Å². The van der Waals surface area contributed by atoms with E-state index in [-0.39, 0.29) is 47.3 Å². The van der Waals surface area contributed by atoms with Crippen LogP contribution in [0.5, 0.6) is 0 Å². The molecule has 3 amide bonds. The molecule has 2 aromatic heterocycles. The maximum Gasteiger partial charge on any atom is 0.307 e. The average molecular weight is 553 g/mol. The summed E-state index contributed by atoms with van der Waals surface area (Å²) in [6.45, 7) is 1.63. The summed E-state index contributed by atoms with van der Waals surface area (Å²) in [5.41, 5.74) is 0.996. The number of carboxylic acid groups (broad SMARTS) is 1. The third-order valence-electron chi connectivity index (χ3n) is 7.40. The monoisotopic (exact) mass is 552 g/mol. The number of aromatic nitrogens is 1. The number of carboxylic acids is 1. The Morgan fingerprint density at radius 1 is 1.00 bits per heavy atom. The topological polar surface area (TPSA) is 142 Å². The van der Waals surface area contributed by atoms with Gasteiger partial charge in [0.15, 0.2) is 0 Å². The van der Waals surface area contributed by atoms with E-state index in [1.165, 1.54) is 12.3 Å². The molecular formula is C28H29ClN4O6. The van der Waals surface area contributed by atoms with Crippen molar-refractivity contribution in [1.29, 1.82) is 0 Å². The highest BCUT2D eigenvalue weighted by Gasteiger charge is 2.34. The van der Waals surface area contributed by atoms with Crippen LogP contribution in [-0.2, 0) is 20.8 Å². The predicted octanol–water partition coefficient (Wildman–Crippen LogP) is 4.73. The molecule has 204 valence electrons. The Kier molecular flexibility index (Phi) is 7.83. The molecule has 1 saturated heterocycles. The number of aliphatic carboxylic acids is 1. The number of fused-ring (bicyclic) bond motifs is 1. The Morgan fingerprint density at radius 3 is 2.38 bits per heavy atom. The Morgan fingerprint density at radius 2 is 1.72 bits per heavy atom. The molecule has 1 aromatic carbocycles. The molecule has 0 bridgehead atoms. The quantitative estimate of drug-likeness (QED) is 0.384. The summed E-state index contributed by atoms with van der Waals surface area (Å²) in [5, 5.41) is 15.6. The lowest BCUT2D eigenvalue weighted by Crippen LogP contribution is -2.37. The minimum Gasteiger partial charge on any atom is -0.481 e. The van der Waals surface area contributed by atoms with Gasteiger partial charge < -0.3 is 25.1 Å². The van der Waals surface area contributed by atoms with Gasteiger partial charge in [0.05, 0.1) is 11.4 Å². The minimum absolute atomic E-state index is 0.0614. The van der Waals surface area contributed by atoms with Crippen LogP contribution in [0, 0.1) is 11.8 Å². The van der Waals surface area contributed by atoms with Crippen molar-refractivity contribution in [1.82, 2.24) is 9.88 Å². The number of carbonyl (C=O) groups is 4. The number of nitrogens with zero attached hydrogens (tertiary/aromatic N) is 2. The number of furan rings is 1. The summed E-state index contributed by atoms with van der Waals surface area (Å²) >= 11 is 5.88. The summed E-state index contributed by atoms with van der Waals surface area (Å²) in [5.74, 6) is -1.98. The first-order chi connectivity index (χ1) is 18.8. The lowest BCUT2D eigenvalue weighted by Gasteiger charge is -2.29. The second-order valence-corrected chi connectivity index (χ2v) is 10.5. The fourth-order valence-corrected chi connectivity index (χ4v) is 5.47. The second kappa shape index (κ2) is 11.4. The summed E-state index contributed by atoms with van der Waals surface area (Å²) in [6.07, 6.45) is 5.65. The van der Waals surface area contributed by atoms with Crippen molar-refractivity contribution in [2.45, 2.75) is 44.9 Å². The van der Waals surface area contributed by atoms with Gasteiger partial charge in [-0.3, -0.25) is 19.2 Å². The molecule has 2 fully saturated rings. The fourth-order valence-electron chi connectivity index (χ4n) is 5.36. The van der Waals surface area contributed by atoms with Crippen LogP contribution >= 0.6 is 11.6 Å². The zero-order valence-electron chi connectivity index (χ0n) is 21.2. The van der Waals surface area contributed by atoms with Gasteiger partial charge in [-0.05, 0) is 68.4 Å². The van der Waals surface area contributed by atoms with E-state index in [9.17, 15) is 24.3 Å². The van der Waals surface area contributed by atoms with E-state index in [1.807, 2.05) is 4.90 Å². The van der Waals surface area contributed by atoms with E-state index in [0.29, 0.717) is 47.2 Å². The van der Waals surface area contributed by atoms with Crippen LogP contribution in [0.1, 0.15) is 54.6 Å². The number of pyridine rings is 1. The van der Waals surface area contributed by atoms with Crippen molar-refractivity contribution in [2.75, 3.05) is 23.7 Å². The van der Waals surface area contributed by atoms with Gasteiger partial charge in [-0.15, -0.1) is 0 Å². The molecule has 1 aliphatic heterocycles. The first-order valence-electron chi connectivity index (χ1n) is 13.1. The Hall–Kier alpha value is -3.92. The third kappa shape index (κ3) is 6.06. The summed E-state index contributed by atoms with van der Waals surface area (Å²) in [7, 11) is 0. The van der Waals surface area contributed by atoms with Crippen molar-refractivity contribution >= 4 is 57.8 Å². The molecule has 3 heterocycles. The van der Waals surface area contributed by atoms with Crippen LogP contribution in [0.15, 0.2) is 40.9 Å². The minimum atomic E-state index is -1.00. The molecule has 5 rings (SSSR count). The number of likely N-dealkylation sites (tertiary alicyclic amines) is 1. The molecule has 10 nitrogen and oxygen atoms in total. The van der Waals surface area contributed by atoms with Crippen LogP contribution in [0.25, 0.3) is 11.0 Å². The van der Waals surface area contributed by atoms with Crippen molar-refractivity contribution in [3.63, 3.8) is 0 Å². The number of nitrogens with one attached hydrogen (secondary N) is 2. The highest BCUT2D eigenvalue weighted by Crippen LogP contribution is 2.36. The largest absolute Gasteiger partial charge is 0.481 e.